The summed E-state index contributed by atoms with van der Waals surface area (Å²) in [5.41, 5.74) is 2.27. The Hall–Kier alpha value is -0.860. The molecule has 106 valence electrons. The van der Waals surface area contributed by atoms with Crippen molar-refractivity contribution in [2.75, 3.05) is 20.1 Å². The number of aryl methyl sites for hydroxylation is 1. The Morgan fingerprint density at radius 1 is 1.16 bits per heavy atom. The number of aliphatic hydroxyl groups is 1. The summed E-state index contributed by atoms with van der Waals surface area (Å²) in [6.45, 7) is 3.94. The number of nitrogens with zero attached hydrogens (tertiary/aromatic N) is 1. The fourth-order valence-corrected chi connectivity index (χ4v) is 3.07. The minimum Gasteiger partial charge on any atom is -0.387 e. The number of likely N-dealkylation sites (N-methyl/N-ethyl adjacent to an activating group) is 1. The average Bonchev–Trinajstić information content (AvgIpc) is 2.40. The first-order chi connectivity index (χ1) is 9.15. The lowest BCUT2D eigenvalue weighted by atomic mass is 9.89. The van der Waals surface area contributed by atoms with Crippen molar-refractivity contribution in [2.45, 2.75) is 45.1 Å². The van der Waals surface area contributed by atoms with Crippen molar-refractivity contribution in [3.05, 3.63) is 35.4 Å². The van der Waals surface area contributed by atoms with Crippen LogP contribution in [0.4, 0.5) is 0 Å². The highest BCUT2D eigenvalue weighted by molar-refractivity contribution is 5.23. The summed E-state index contributed by atoms with van der Waals surface area (Å²) < 4.78 is 0. The van der Waals surface area contributed by atoms with Gasteiger partial charge in [0.2, 0.25) is 0 Å². The number of hydrogen-bond donors (Lipinski definition) is 1. The third-order valence-electron chi connectivity index (χ3n) is 4.24. The van der Waals surface area contributed by atoms with E-state index in [0.717, 1.165) is 24.6 Å². The van der Waals surface area contributed by atoms with E-state index in [1.165, 1.54) is 37.7 Å². The SMILES string of the molecule is Cc1ccc(C(O)CN(C)CC2CCCCC2)cc1. The Morgan fingerprint density at radius 2 is 1.79 bits per heavy atom. The van der Waals surface area contributed by atoms with Crippen LogP contribution in [0.15, 0.2) is 24.3 Å². The van der Waals surface area contributed by atoms with Gasteiger partial charge in [-0.1, -0.05) is 49.1 Å². The summed E-state index contributed by atoms with van der Waals surface area (Å²) in [5.74, 6) is 0.837. The Labute approximate surface area is 117 Å². The maximum atomic E-state index is 10.3. The van der Waals surface area contributed by atoms with E-state index in [0.29, 0.717) is 0 Å². The van der Waals surface area contributed by atoms with Crippen LogP contribution < -0.4 is 0 Å². The summed E-state index contributed by atoms with van der Waals surface area (Å²) in [4.78, 5) is 2.29. The Balaban J connectivity index is 1.80. The first-order valence-electron chi connectivity index (χ1n) is 7.58. The second-order valence-electron chi connectivity index (χ2n) is 6.15. The van der Waals surface area contributed by atoms with Gasteiger partial charge < -0.3 is 10.0 Å². The molecule has 0 heterocycles. The van der Waals surface area contributed by atoms with Crippen LogP contribution in [-0.2, 0) is 0 Å². The monoisotopic (exact) mass is 261 g/mol. The average molecular weight is 261 g/mol. The third kappa shape index (κ3) is 4.63. The number of rotatable bonds is 5. The highest BCUT2D eigenvalue weighted by Gasteiger charge is 2.17. The van der Waals surface area contributed by atoms with Crippen LogP contribution in [0.25, 0.3) is 0 Å². The van der Waals surface area contributed by atoms with Crippen LogP contribution in [0.2, 0.25) is 0 Å². The molecule has 1 aliphatic rings. The maximum Gasteiger partial charge on any atom is 0.0916 e. The zero-order chi connectivity index (χ0) is 13.7. The molecule has 1 atom stereocenters. The van der Waals surface area contributed by atoms with E-state index >= 15 is 0 Å². The molecule has 1 N–H and O–H groups in total. The summed E-state index contributed by atoms with van der Waals surface area (Å²) in [6.07, 6.45) is 6.55. The second-order valence-corrected chi connectivity index (χ2v) is 6.15. The predicted octanol–water partition coefficient (Wildman–Crippen LogP) is 3.54. The van der Waals surface area contributed by atoms with Gasteiger partial charge in [0.1, 0.15) is 0 Å². The van der Waals surface area contributed by atoms with Crippen molar-refractivity contribution in [3.63, 3.8) is 0 Å². The van der Waals surface area contributed by atoms with Crippen molar-refractivity contribution in [1.82, 2.24) is 4.90 Å². The van der Waals surface area contributed by atoms with Gasteiger partial charge in [-0.3, -0.25) is 0 Å². The summed E-state index contributed by atoms with van der Waals surface area (Å²) >= 11 is 0. The van der Waals surface area contributed by atoms with Gasteiger partial charge in [0.05, 0.1) is 6.10 Å². The van der Waals surface area contributed by atoms with Gasteiger partial charge >= 0.3 is 0 Å². The van der Waals surface area contributed by atoms with Crippen molar-refractivity contribution in [1.29, 1.82) is 0 Å². The zero-order valence-corrected chi connectivity index (χ0v) is 12.3. The highest BCUT2D eigenvalue weighted by atomic mass is 16.3. The summed E-state index contributed by atoms with van der Waals surface area (Å²) in [6, 6.07) is 8.21. The van der Waals surface area contributed by atoms with Crippen LogP contribution in [-0.4, -0.2) is 30.1 Å². The molecule has 0 saturated heterocycles. The highest BCUT2D eigenvalue weighted by Crippen LogP contribution is 2.24. The van der Waals surface area contributed by atoms with Gasteiger partial charge in [-0.25, -0.2) is 0 Å². The van der Waals surface area contributed by atoms with E-state index in [1.807, 2.05) is 12.1 Å². The molecule has 0 amide bonds. The summed E-state index contributed by atoms with van der Waals surface area (Å²) in [5, 5.41) is 10.3. The molecule has 1 aromatic rings. The lowest BCUT2D eigenvalue weighted by molar-refractivity contribution is 0.113. The van der Waals surface area contributed by atoms with Gasteiger partial charge in [0.15, 0.2) is 0 Å². The molecule has 2 heteroatoms. The Kier molecular flexibility index (Phi) is 5.41. The van der Waals surface area contributed by atoms with Crippen molar-refractivity contribution in [3.8, 4) is 0 Å². The van der Waals surface area contributed by atoms with Gasteiger partial charge in [0, 0.05) is 13.1 Å². The smallest absolute Gasteiger partial charge is 0.0916 e. The van der Waals surface area contributed by atoms with Crippen LogP contribution >= 0.6 is 0 Å². The van der Waals surface area contributed by atoms with E-state index in [-0.39, 0.29) is 6.10 Å². The molecular formula is C17H27NO. The molecule has 2 nitrogen and oxygen atoms in total. The third-order valence-corrected chi connectivity index (χ3v) is 4.24. The molecule has 19 heavy (non-hydrogen) atoms. The first-order valence-corrected chi connectivity index (χ1v) is 7.58. The van der Waals surface area contributed by atoms with Crippen LogP contribution in [0, 0.1) is 12.8 Å². The number of hydrogen-bond acceptors (Lipinski definition) is 2. The molecule has 1 saturated carbocycles. The van der Waals surface area contributed by atoms with Crippen LogP contribution in [0.1, 0.15) is 49.3 Å². The summed E-state index contributed by atoms with van der Waals surface area (Å²) in [7, 11) is 2.13. The molecule has 1 fully saturated rings. The molecule has 1 aliphatic carbocycles. The normalized spacial score (nSPS) is 18.7. The maximum absolute atomic E-state index is 10.3. The van der Waals surface area contributed by atoms with Gasteiger partial charge in [-0.05, 0) is 38.3 Å². The van der Waals surface area contributed by atoms with Gasteiger partial charge in [0.25, 0.3) is 0 Å². The minimum atomic E-state index is -0.366. The minimum absolute atomic E-state index is 0.366. The standard InChI is InChI=1S/C17H27NO/c1-14-8-10-16(11-9-14)17(19)13-18(2)12-15-6-4-3-5-7-15/h8-11,15,17,19H,3-7,12-13H2,1-2H3. The Bertz CT molecular complexity index is 367. The zero-order valence-electron chi connectivity index (χ0n) is 12.3. The topological polar surface area (TPSA) is 23.5 Å². The number of aliphatic hydroxyl groups excluding tert-OH is 1. The lowest BCUT2D eigenvalue weighted by Crippen LogP contribution is -2.30. The van der Waals surface area contributed by atoms with Crippen LogP contribution in [0.3, 0.4) is 0 Å². The lowest BCUT2D eigenvalue weighted by Gasteiger charge is -2.28. The fourth-order valence-electron chi connectivity index (χ4n) is 3.07. The van der Waals surface area contributed by atoms with E-state index < -0.39 is 0 Å². The molecule has 1 unspecified atom stereocenters. The molecule has 1 aromatic carbocycles. The molecular weight excluding hydrogens is 234 g/mol. The van der Waals surface area contributed by atoms with Crippen LogP contribution in [0.5, 0.6) is 0 Å². The molecule has 0 spiro atoms. The Morgan fingerprint density at radius 3 is 2.42 bits per heavy atom. The van der Waals surface area contributed by atoms with Gasteiger partial charge in [-0.2, -0.15) is 0 Å². The largest absolute Gasteiger partial charge is 0.387 e. The van der Waals surface area contributed by atoms with E-state index in [4.69, 9.17) is 0 Å². The predicted molar refractivity (Wildman–Crippen MR) is 80.2 cm³/mol. The van der Waals surface area contributed by atoms with Crippen molar-refractivity contribution >= 4 is 0 Å². The van der Waals surface area contributed by atoms with Crippen molar-refractivity contribution < 1.29 is 5.11 Å². The molecule has 0 aromatic heterocycles. The second kappa shape index (κ2) is 7.06. The van der Waals surface area contributed by atoms with E-state index in [9.17, 15) is 5.11 Å². The molecule has 0 bridgehead atoms. The molecule has 0 radical (unpaired) electrons. The fraction of sp³-hybridized carbons (Fsp3) is 0.647. The molecule has 2 rings (SSSR count). The van der Waals surface area contributed by atoms with E-state index in [2.05, 4.69) is 31.0 Å². The van der Waals surface area contributed by atoms with Gasteiger partial charge in [-0.15, -0.1) is 0 Å². The molecule has 0 aliphatic heterocycles. The van der Waals surface area contributed by atoms with E-state index in [1.54, 1.807) is 0 Å². The van der Waals surface area contributed by atoms with Crippen molar-refractivity contribution in [2.24, 2.45) is 5.92 Å². The first kappa shape index (κ1) is 14.5. The number of benzene rings is 1. The quantitative estimate of drug-likeness (QED) is 0.876.